The minimum absolute atomic E-state index is 0.614. The number of anilines is 1. The standard InChI is InChI=1S/C11H15N3/c1-3-8-6-5-7-9-10(8)14(4-2)11(12)13-9/h5-7H,3-4H2,1-2H3,(H2,12,13). The Balaban J connectivity index is 2.82. The van der Waals surface area contributed by atoms with E-state index in [1.54, 1.807) is 0 Å². The summed E-state index contributed by atoms with van der Waals surface area (Å²) in [4.78, 5) is 4.33. The predicted octanol–water partition coefficient (Wildman–Crippen LogP) is 2.20. The molecule has 0 aliphatic heterocycles. The van der Waals surface area contributed by atoms with E-state index >= 15 is 0 Å². The lowest BCUT2D eigenvalue weighted by molar-refractivity contribution is 0.796. The fourth-order valence-corrected chi connectivity index (χ4v) is 1.88. The Morgan fingerprint density at radius 2 is 2.14 bits per heavy atom. The van der Waals surface area contributed by atoms with E-state index in [0.29, 0.717) is 5.95 Å². The lowest BCUT2D eigenvalue weighted by Crippen LogP contribution is -2.01. The van der Waals surface area contributed by atoms with Gasteiger partial charge in [-0.05, 0) is 25.0 Å². The van der Waals surface area contributed by atoms with Gasteiger partial charge in [-0.15, -0.1) is 0 Å². The second-order valence-electron chi connectivity index (χ2n) is 3.35. The molecule has 0 atom stereocenters. The molecule has 0 spiro atoms. The van der Waals surface area contributed by atoms with Gasteiger partial charge >= 0.3 is 0 Å². The molecule has 0 fully saturated rings. The van der Waals surface area contributed by atoms with Crippen molar-refractivity contribution in [2.45, 2.75) is 26.8 Å². The minimum Gasteiger partial charge on any atom is -0.369 e. The molecule has 0 amide bonds. The van der Waals surface area contributed by atoms with Crippen molar-refractivity contribution in [2.75, 3.05) is 5.73 Å². The van der Waals surface area contributed by atoms with Crippen LogP contribution in [0.4, 0.5) is 5.95 Å². The number of aromatic nitrogens is 2. The van der Waals surface area contributed by atoms with Gasteiger partial charge in [-0.2, -0.15) is 0 Å². The van der Waals surface area contributed by atoms with E-state index in [4.69, 9.17) is 5.73 Å². The number of imidazole rings is 1. The van der Waals surface area contributed by atoms with E-state index in [1.165, 1.54) is 11.1 Å². The Morgan fingerprint density at radius 1 is 1.36 bits per heavy atom. The summed E-state index contributed by atoms with van der Waals surface area (Å²) in [7, 11) is 0. The van der Waals surface area contributed by atoms with Gasteiger partial charge in [-0.25, -0.2) is 4.98 Å². The molecule has 0 aliphatic rings. The Hall–Kier alpha value is -1.51. The number of fused-ring (bicyclic) bond motifs is 1. The maximum Gasteiger partial charge on any atom is 0.201 e. The Kier molecular flexibility index (Phi) is 2.15. The number of nitrogens with two attached hydrogens (primary N) is 1. The second kappa shape index (κ2) is 3.33. The van der Waals surface area contributed by atoms with Gasteiger partial charge in [0.05, 0.1) is 11.0 Å². The number of benzene rings is 1. The molecule has 0 aliphatic carbocycles. The molecular formula is C11H15N3. The van der Waals surface area contributed by atoms with Crippen LogP contribution in [0.1, 0.15) is 19.4 Å². The zero-order chi connectivity index (χ0) is 10.1. The van der Waals surface area contributed by atoms with Crippen molar-refractivity contribution >= 4 is 17.0 Å². The summed E-state index contributed by atoms with van der Waals surface area (Å²) >= 11 is 0. The Bertz CT molecular complexity index is 457. The fourth-order valence-electron chi connectivity index (χ4n) is 1.88. The molecule has 1 aromatic carbocycles. The maximum atomic E-state index is 5.84. The van der Waals surface area contributed by atoms with Crippen LogP contribution in [0.5, 0.6) is 0 Å². The van der Waals surface area contributed by atoms with Gasteiger partial charge in [0.1, 0.15) is 0 Å². The predicted molar refractivity (Wildman–Crippen MR) is 59.2 cm³/mol. The van der Waals surface area contributed by atoms with Gasteiger partial charge in [0, 0.05) is 6.54 Å². The topological polar surface area (TPSA) is 43.8 Å². The van der Waals surface area contributed by atoms with Crippen LogP contribution in [0, 0.1) is 0 Å². The van der Waals surface area contributed by atoms with Crippen molar-refractivity contribution in [1.29, 1.82) is 0 Å². The lowest BCUT2D eigenvalue weighted by atomic mass is 10.1. The molecule has 0 saturated carbocycles. The summed E-state index contributed by atoms with van der Waals surface area (Å²) in [6.45, 7) is 5.11. The van der Waals surface area contributed by atoms with E-state index in [9.17, 15) is 0 Å². The Labute approximate surface area is 83.6 Å². The largest absolute Gasteiger partial charge is 0.369 e. The third-order valence-corrected chi connectivity index (χ3v) is 2.58. The third kappa shape index (κ3) is 1.16. The summed E-state index contributed by atoms with van der Waals surface area (Å²) in [5.41, 5.74) is 9.35. The van der Waals surface area contributed by atoms with Gasteiger partial charge in [0.25, 0.3) is 0 Å². The first kappa shape index (κ1) is 9.06. The Morgan fingerprint density at radius 3 is 2.79 bits per heavy atom. The van der Waals surface area contributed by atoms with Crippen molar-refractivity contribution in [1.82, 2.24) is 9.55 Å². The number of hydrogen-bond acceptors (Lipinski definition) is 2. The van der Waals surface area contributed by atoms with E-state index in [-0.39, 0.29) is 0 Å². The molecule has 2 rings (SSSR count). The van der Waals surface area contributed by atoms with E-state index in [2.05, 4.69) is 29.5 Å². The molecule has 3 heteroatoms. The van der Waals surface area contributed by atoms with Gasteiger partial charge in [-0.1, -0.05) is 19.1 Å². The number of nitrogens with zero attached hydrogens (tertiary/aromatic N) is 2. The quantitative estimate of drug-likeness (QED) is 0.787. The summed E-state index contributed by atoms with van der Waals surface area (Å²) in [5, 5.41) is 0. The van der Waals surface area contributed by atoms with Crippen molar-refractivity contribution < 1.29 is 0 Å². The van der Waals surface area contributed by atoms with Crippen LogP contribution in [0.25, 0.3) is 11.0 Å². The molecule has 2 N–H and O–H groups in total. The summed E-state index contributed by atoms with van der Waals surface area (Å²) < 4.78 is 2.06. The molecule has 74 valence electrons. The molecule has 0 unspecified atom stereocenters. The maximum absolute atomic E-state index is 5.84. The average Bonchev–Trinajstić information content (AvgIpc) is 2.52. The van der Waals surface area contributed by atoms with Gasteiger partial charge < -0.3 is 10.3 Å². The van der Waals surface area contributed by atoms with Crippen LogP contribution in [0.2, 0.25) is 0 Å². The van der Waals surface area contributed by atoms with Crippen LogP contribution in [0.3, 0.4) is 0 Å². The van der Waals surface area contributed by atoms with Crippen LogP contribution in [-0.2, 0) is 13.0 Å². The highest BCUT2D eigenvalue weighted by Gasteiger charge is 2.08. The summed E-state index contributed by atoms with van der Waals surface area (Å²) in [6.07, 6.45) is 1.02. The molecule has 0 bridgehead atoms. The smallest absolute Gasteiger partial charge is 0.201 e. The van der Waals surface area contributed by atoms with E-state index in [0.717, 1.165) is 18.5 Å². The van der Waals surface area contributed by atoms with Crippen LogP contribution in [-0.4, -0.2) is 9.55 Å². The second-order valence-corrected chi connectivity index (χ2v) is 3.35. The molecule has 0 radical (unpaired) electrons. The molecule has 2 aromatic rings. The highest BCUT2D eigenvalue weighted by Crippen LogP contribution is 2.21. The molecule has 0 saturated heterocycles. The van der Waals surface area contributed by atoms with Crippen LogP contribution >= 0.6 is 0 Å². The molecular weight excluding hydrogens is 174 g/mol. The normalized spacial score (nSPS) is 11.0. The number of aryl methyl sites for hydroxylation is 2. The molecule has 1 heterocycles. The van der Waals surface area contributed by atoms with Crippen LogP contribution in [0.15, 0.2) is 18.2 Å². The van der Waals surface area contributed by atoms with Gasteiger partial charge in [0.15, 0.2) is 0 Å². The number of para-hydroxylation sites is 1. The number of rotatable bonds is 2. The minimum atomic E-state index is 0.614. The third-order valence-electron chi connectivity index (χ3n) is 2.58. The van der Waals surface area contributed by atoms with E-state index < -0.39 is 0 Å². The van der Waals surface area contributed by atoms with Crippen molar-refractivity contribution in [3.63, 3.8) is 0 Å². The molecule has 3 nitrogen and oxygen atoms in total. The van der Waals surface area contributed by atoms with Crippen molar-refractivity contribution in [3.05, 3.63) is 23.8 Å². The molecule has 14 heavy (non-hydrogen) atoms. The van der Waals surface area contributed by atoms with Crippen molar-refractivity contribution in [2.24, 2.45) is 0 Å². The summed E-state index contributed by atoms with van der Waals surface area (Å²) in [6, 6.07) is 6.18. The number of hydrogen-bond donors (Lipinski definition) is 1. The first-order valence-corrected chi connectivity index (χ1v) is 5.01. The first-order valence-electron chi connectivity index (χ1n) is 5.01. The zero-order valence-electron chi connectivity index (χ0n) is 8.62. The van der Waals surface area contributed by atoms with Crippen LogP contribution < -0.4 is 5.73 Å². The average molecular weight is 189 g/mol. The van der Waals surface area contributed by atoms with Gasteiger partial charge in [0.2, 0.25) is 5.95 Å². The highest BCUT2D eigenvalue weighted by molar-refractivity contribution is 5.81. The first-order chi connectivity index (χ1) is 6.77. The number of nitrogen functional groups attached to an aromatic ring is 1. The zero-order valence-corrected chi connectivity index (χ0v) is 8.62. The van der Waals surface area contributed by atoms with E-state index in [1.807, 2.05) is 12.1 Å². The fraction of sp³-hybridized carbons (Fsp3) is 0.364. The lowest BCUT2D eigenvalue weighted by Gasteiger charge is -2.05. The highest BCUT2D eigenvalue weighted by atomic mass is 15.1. The van der Waals surface area contributed by atoms with Crippen molar-refractivity contribution in [3.8, 4) is 0 Å². The monoisotopic (exact) mass is 189 g/mol. The molecule has 1 aromatic heterocycles. The SMILES string of the molecule is CCc1cccc2nc(N)n(CC)c12. The van der Waals surface area contributed by atoms with Gasteiger partial charge in [-0.3, -0.25) is 0 Å². The summed E-state index contributed by atoms with van der Waals surface area (Å²) in [5.74, 6) is 0.614.